The molecule has 106 valence electrons. The number of hydrogen-bond acceptors (Lipinski definition) is 3. The van der Waals surface area contributed by atoms with Crippen molar-refractivity contribution in [2.75, 3.05) is 19.6 Å². The van der Waals surface area contributed by atoms with Gasteiger partial charge in [0.05, 0.1) is 0 Å². The lowest BCUT2D eigenvalue weighted by atomic mass is 10.0. The molecule has 0 saturated carbocycles. The normalized spacial score (nSPS) is 20.7. The molecule has 1 fully saturated rings. The fourth-order valence-corrected chi connectivity index (χ4v) is 2.42. The minimum Gasteiger partial charge on any atom is -0.357 e. The molecule has 1 aliphatic heterocycles. The van der Waals surface area contributed by atoms with Gasteiger partial charge in [-0.15, -0.1) is 0 Å². The van der Waals surface area contributed by atoms with Crippen molar-refractivity contribution in [3.05, 3.63) is 12.2 Å². The zero-order valence-electron chi connectivity index (χ0n) is 12.1. The molecule has 0 amide bonds. The van der Waals surface area contributed by atoms with Gasteiger partial charge >= 0.3 is 0 Å². The number of guanidine groups is 1. The lowest BCUT2D eigenvalue weighted by molar-refractivity contribution is 0.266. The monoisotopic (exact) mass is 264 g/mol. The zero-order chi connectivity index (χ0) is 13.7. The van der Waals surface area contributed by atoms with E-state index in [4.69, 9.17) is 0 Å². The van der Waals surface area contributed by atoms with Crippen molar-refractivity contribution < 1.29 is 0 Å². The van der Waals surface area contributed by atoms with Crippen molar-refractivity contribution in [2.24, 2.45) is 18.0 Å². The lowest BCUT2D eigenvalue weighted by Crippen LogP contribution is -2.46. The highest BCUT2D eigenvalue weighted by atomic mass is 15.3. The quantitative estimate of drug-likeness (QED) is 0.654. The van der Waals surface area contributed by atoms with Crippen LogP contribution in [0, 0.1) is 5.92 Å². The van der Waals surface area contributed by atoms with E-state index in [1.54, 1.807) is 11.0 Å². The Bertz CT molecular complexity index is 425. The largest absolute Gasteiger partial charge is 0.357 e. The molecule has 1 aliphatic rings. The third-order valence-corrected chi connectivity index (χ3v) is 3.47. The molecular formula is C13H24N6. The molecule has 0 aliphatic carbocycles. The van der Waals surface area contributed by atoms with Crippen molar-refractivity contribution >= 4 is 5.96 Å². The van der Waals surface area contributed by atoms with Crippen LogP contribution in [0.5, 0.6) is 0 Å². The molecule has 0 spiro atoms. The average molecular weight is 264 g/mol. The first-order valence-corrected chi connectivity index (χ1v) is 7.06. The first kappa shape index (κ1) is 13.8. The number of likely N-dealkylation sites (tertiary alicyclic amines) is 1. The molecule has 1 unspecified atom stereocenters. The molecule has 0 radical (unpaired) electrons. The van der Waals surface area contributed by atoms with Crippen LogP contribution in [0.3, 0.4) is 0 Å². The number of nitrogens with one attached hydrogen (secondary N) is 1. The molecule has 1 N–H and O–H groups in total. The average Bonchev–Trinajstić information content (AvgIpc) is 2.80. The van der Waals surface area contributed by atoms with Gasteiger partial charge in [0.1, 0.15) is 18.7 Å². The molecule has 2 heterocycles. The second-order valence-corrected chi connectivity index (χ2v) is 5.16. The van der Waals surface area contributed by atoms with Crippen LogP contribution in [0.4, 0.5) is 0 Å². The minimum absolute atomic E-state index is 0.573. The maximum atomic E-state index is 4.68. The van der Waals surface area contributed by atoms with Crippen molar-refractivity contribution in [2.45, 2.75) is 33.2 Å². The van der Waals surface area contributed by atoms with Crippen molar-refractivity contribution in [1.82, 2.24) is 25.0 Å². The third kappa shape index (κ3) is 3.68. The molecule has 1 saturated heterocycles. The van der Waals surface area contributed by atoms with E-state index < -0.39 is 0 Å². The van der Waals surface area contributed by atoms with Gasteiger partial charge in [-0.25, -0.2) is 9.98 Å². The van der Waals surface area contributed by atoms with Gasteiger partial charge in [0.15, 0.2) is 5.96 Å². The number of hydrogen-bond donors (Lipinski definition) is 1. The van der Waals surface area contributed by atoms with E-state index in [2.05, 4.69) is 39.1 Å². The highest BCUT2D eigenvalue weighted by Crippen LogP contribution is 2.15. The summed E-state index contributed by atoms with van der Waals surface area (Å²) < 4.78 is 1.77. The summed E-state index contributed by atoms with van der Waals surface area (Å²) in [6, 6.07) is 0. The first-order chi connectivity index (χ1) is 9.20. The highest BCUT2D eigenvalue weighted by molar-refractivity contribution is 5.80. The predicted molar refractivity (Wildman–Crippen MR) is 75.8 cm³/mol. The fraction of sp³-hybridized carbons (Fsp3) is 0.769. The predicted octanol–water partition coefficient (Wildman–Crippen LogP) is 1.01. The summed E-state index contributed by atoms with van der Waals surface area (Å²) in [7, 11) is 1.90. The SMILES string of the molecule is CCNC(=NCc1ncnn1C)N1CCCC(C)C1. The van der Waals surface area contributed by atoms with Gasteiger partial charge < -0.3 is 10.2 Å². The topological polar surface area (TPSA) is 58.3 Å². The summed E-state index contributed by atoms with van der Waals surface area (Å²) in [6.45, 7) is 8.05. The maximum absolute atomic E-state index is 4.68. The summed E-state index contributed by atoms with van der Waals surface area (Å²) in [5.74, 6) is 2.63. The van der Waals surface area contributed by atoms with Crippen molar-refractivity contribution in [1.29, 1.82) is 0 Å². The number of aromatic nitrogens is 3. The molecule has 0 bridgehead atoms. The van der Waals surface area contributed by atoms with E-state index in [1.165, 1.54) is 12.8 Å². The Morgan fingerprint density at radius 2 is 2.42 bits per heavy atom. The van der Waals surface area contributed by atoms with Crippen LogP contribution in [0.1, 0.15) is 32.5 Å². The Morgan fingerprint density at radius 3 is 3.05 bits per heavy atom. The standard InChI is InChI=1S/C13H24N6/c1-4-14-13(19-7-5-6-11(2)9-19)15-8-12-16-10-17-18(12)3/h10-11H,4-9H2,1-3H3,(H,14,15). The molecule has 1 aromatic rings. The summed E-state index contributed by atoms with van der Waals surface area (Å²) in [4.78, 5) is 11.2. The summed E-state index contributed by atoms with van der Waals surface area (Å²) in [6.07, 6.45) is 4.13. The number of rotatable bonds is 3. The van der Waals surface area contributed by atoms with E-state index in [-0.39, 0.29) is 0 Å². The lowest BCUT2D eigenvalue weighted by Gasteiger charge is -2.33. The van der Waals surface area contributed by atoms with Gasteiger partial charge in [-0.1, -0.05) is 6.92 Å². The summed E-state index contributed by atoms with van der Waals surface area (Å²) in [5.41, 5.74) is 0. The minimum atomic E-state index is 0.573. The van der Waals surface area contributed by atoms with Crippen molar-refractivity contribution in [3.63, 3.8) is 0 Å². The maximum Gasteiger partial charge on any atom is 0.194 e. The van der Waals surface area contributed by atoms with Crippen LogP contribution in [0.25, 0.3) is 0 Å². The molecule has 1 atom stereocenters. The van der Waals surface area contributed by atoms with E-state index in [0.717, 1.165) is 37.3 Å². The van der Waals surface area contributed by atoms with Crippen LogP contribution in [0.2, 0.25) is 0 Å². The Labute approximate surface area is 114 Å². The molecule has 6 heteroatoms. The van der Waals surface area contributed by atoms with E-state index in [9.17, 15) is 0 Å². The zero-order valence-corrected chi connectivity index (χ0v) is 12.1. The number of piperidine rings is 1. The van der Waals surface area contributed by atoms with Gasteiger partial charge in [0.2, 0.25) is 0 Å². The van der Waals surface area contributed by atoms with E-state index >= 15 is 0 Å². The fourth-order valence-electron chi connectivity index (χ4n) is 2.42. The van der Waals surface area contributed by atoms with Gasteiger partial charge in [-0.2, -0.15) is 5.10 Å². The second kappa shape index (κ2) is 6.54. The first-order valence-electron chi connectivity index (χ1n) is 7.06. The van der Waals surface area contributed by atoms with Crippen LogP contribution < -0.4 is 5.32 Å². The van der Waals surface area contributed by atoms with E-state index in [0.29, 0.717) is 6.54 Å². The van der Waals surface area contributed by atoms with Crippen LogP contribution in [0.15, 0.2) is 11.3 Å². The van der Waals surface area contributed by atoms with Crippen molar-refractivity contribution in [3.8, 4) is 0 Å². The van der Waals surface area contributed by atoms with Crippen LogP contribution in [-0.4, -0.2) is 45.3 Å². The highest BCUT2D eigenvalue weighted by Gasteiger charge is 2.19. The number of aryl methyl sites for hydroxylation is 1. The molecule has 1 aromatic heterocycles. The molecule has 19 heavy (non-hydrogen) atoms. The Balaban J connectivity index is 2.04. The van der Waals surface area contributed by atoms with Gasteiger partial charge in [0.25, 0.3) is 0 Å². The third-order valence-electron chi connectivity index (χ3n) is 3.47. The number of nitrogens with zero attached hydrogens (tertiary/aromatic N) is 5. The summed E-state index contributed by atoms with van der Waals surface area (Å²) in [5, 5.41) is 7.44. The molecule has 6 nitrogen and oxygen atoms in total. The molecular weight excluding hydrogens is 240 g/mol. The van der Waals surface area contributed by atoms with Crippen LogP contribution >= 0.6 is 0 Å². The molecule has 0 aromatic carbocycles. The Kier molecular flexibility index (Phi) is 4.76. The smallest absolute Gasteiger partial charge is 0.194 e. The van der Waals surface area contributed by atoms with Crippen LogP contribution in [-0.2, 0) is 13.6 Å². The Morgan fingerprint density at radius 1 is 1.58 bits per heavy atom. The summed E-state index contributed by atoms with van der Waals surface area (Å²) >= 11 is 0. The second-order valence-electron chi connectivity index (χ2n) is 5.16. The molecule has 2 rings (SSSR count). The van der Waals surface area contributed by atoms with E-state index in [1.807, 2.05) is 7.05 Å². The van der Waals surface area contributed by atoms with Gasteiger partial charge in [-0.05, 0) is 25.7 Å². The Hall–Kier alpha value is -1.59. The number of aliphatic imine (C=N–C) groups is 1. The van der Waals surface area contributed by atoms with Gasteiger partial charge in [-0.3, -0.25) is 4.68 Å². The van der Waals surface area contributed by atoms with Gasteiger partial charge in [0, 0.05) is 26.7 Å².